The van der Waals surface area contributed by atoms with E-state index in [4.69, 9.17) is 0 Å². The molecular formula is C18H15FN2O4. The molecule has 7 heteroatoms. The van der Waals surface area contributed by atoms with Crippen LogP contribution >= 0.6 is 0 Å². The first-order valence-electron chi connectivity index (χ1n) is 7.54. The zero-order chi connectivity index (χ0) is 18.0. The van der Waals surface area contributed by atoms with Crippen LogP contribution in [0.2, 0.25) is 0 Å². The molecule has 3 rings (SSSR count). The number of esters is 1. The van der Waals surface area contributed by atoms with Crippen molar-refractivity contribution in [2.75, 3.05) is 7.11 Å². The second-order valence-corrected chi connectivity index (χ2v) is 5.44. The van der Waals surface area contributed by atoms with Gasteiger partial charge in [-0.3, -0.25) is 14.0 Å². The lowest BCUT2D eigenvalue weighted by atomic mass is 9.89. The summed E-state index contributed by atoms with van der Waals surface area (Å²) in [4.78, 5) is 28.6. The lowest BCUT2D eigenvalue weighted by Gasteiger charge is -2.18. The molecule has 0 aliphatic rings. The van der Waals surface area contributed by atoms with E-state index in [9.17, 15) is 19.1 Å². The van der Waals surface area contributed by atoms with Crippen molar-refractivity contribution in [1.29, 1.82) is 0 Å². The number of aromatic nitrogens is 2. The first-order valence-corrected chi connectivity index (χ1v) is 7.54. The summed E-state index contributed by atoms with van der Waals surface area (Å²) in [5.74, 6) is -2.78. The van der Waals surface area contributed by atoms with Crippen molar-refractivity contribution in [3.63, 3.8) is 0 Å². The zero-order valence-electron chi connectivity index (χ0n) is 13.3. The fourth-order valence-corrected chi connectivity index (χ4v) is 2.77. The Balaban J connectivity index is 2.27. The van der Waals surface area contributed by atoms with Gasteiger partial charge in [-0.2, -0.15) is 4.98 Å². The summed E-state index contributed by atoms with van der Waals surface area (Å²) in [6.07, 6.45) is 1.19. The Morgan fingerprint density at radius 2 is 2.00 bits per heavy atom. The van der Waals surface area contributed by atoms with Gasteiger partial charge in [-0.05, 0) is 23.8 Å². The van der Waals surface area contributed by atoms with Crippen LogP contribution in [0.5, 0.6) is 5.88 Å². The minimum absolute atomic E-state index is 0.109. The summed E-state index contributed by atoms with van der Waals surface area (Å²) >= 11 is 0. The molecule has 0 amide bonds. The molecule has 0 aliphatic carbocycles. The molecule has 3 aromatic rings. The third kappa shape index (κ3) is 3.08. The summed E-state index contributed by atoms with van der Waals surface area (Å²) < 4.78 is 20.2. The Hall–Kier alpha value is -3.22. The van der Waals surface area contributed by atoms with Crippen molar-refractivity contribution >= 4 is 11.6 Å². The molecule has 1 aromatic carbocycles. The average molecular weight is 342 g/mol. The largest absolute Gasteiger partial charge is 0.493 e. The number of carbonyl (C=O) groups is 1. The predicted molar refractivity (Wildman–Crippen MR) is 88.0 cm³/mol. The van der Waals surface area contributed by atoms with Gasteiger partial charge in [-0.15, -0.1) is 0 Å². The van der Waals surface area contributed by atoms with E-state index < -0.39 is 29.1 Å². The Bertz CT molecular complexity index is 1000. The number of carbonyl (C=O) groups excluding carboxylic acids is 1. The number of methoxy groups -OCH3 is 1. The predicted octanol–water partition coefficient (Wildman–Crippen LogP) is 2.23. The summed E-state index contributed by atoms with van der Waals surface area (Å²) in [6, 6.07) is 10.6. The van der Waals surface area contributed by atoms with Crippen molar-refractivity contribution in [3.05, 3.63) is 76.0 Å². The number of aromatic hydroxyl groups is 1. The van der Waals surface area contributed by atoms with Crippen LogP contribution in [0.4, 0.5) is 4.39 Å². The maximum absolute atomic E-state index is 14.3. The van der Waals surface area contributed by atoms with Gasteiger partial charge in [-0.25, -0.2) is 4.39 Å². The Morgan fingerprint density at radius 3 is 2.72 bits per heavy atom. The maximum Gasteiger partial charge on any atom is 0.306 e. The molecule has 0 bridgehead atoms. The molecule has 6 nitrogen and oxygen atoms in total. The SMILES string of the molecule is COC(=O)C[C@H](c1ccccc1F)c1c(O)nc2ccccn2c1=O. The van der Waals surface area contributed by atoms with Crippen LogP contribution in [-0.2, 0) is 9.53 Å². The molecule has 25 heavy (non-hydrogen) atoms. The van der Waals surface area contributed by atoms with E-state index in [1.807, 2.05) is 0 Å². The molecule has 1 atom stereocenters. The molecular weight excluding hydrogens is 327 g/mol. The first-order chi connectivity index (χ1) is 12.0. The van der Waals surface area contributed by atoms with Crippen LogP contribution in [0.15, 0.2) is 53.5 Å². The molecule has 0 radical (unpaired) electrons. The van der Waals surface area contributed by atoms with Gasteiger partial charge in [0, 0.05) is 12.1 Å². The van der Waals surface area contributed by atoms with Crippen molar-refractivity contribution in [2.24, 2.45) is 0 Å². The van der Waals surface area contributed by atoms with Crippen molar-refractivity contribution in [1.82, 2.24) is 9.38 Å². The van der Waals surface area contributed by atoms with Crippen LogP contribution in [-0.4, -0.2) is 27.6 Å². The molecule has 0 saturated heterocycles. The van der Waals surface area contributed by atoms with Gasteiger partial charge in [0.2, 0.25) is 5.88 Å². The number of rotatable bonds is 4. The van der Waals surface area contributed by atoms with Crippen LogP contribution in [0, 0.1) is 5.82 Å². The van der Waals surface area contributed by atoms with E-state index in [0.29, 0.717) is 0 Å². The number of ether oxygens (including phenoxy) is 1. The molecule has 1 N–H and O–H groups in total. The molecule has 0 unspecified atom stereocenters. The van der Waals surface area contributed by atoms with Crippen molar-refractivity contribution in [3.8, 4) is 5.88 Å². The Kier molecular flexibility index (Phi) is 4.47. The molecule has 2 heterocycles. The Labute approximate surface area is 142 Å². The van der Waals surface area contributed by atoms with Gasteiger partial charge >= 0.3 is 5.97 Å². The normalized spacial score (nSPS) is 12.1. The minimum atomic E-state index is -1.02. The zero-order valence-corrected chi connectivity index (χ0v) is 13.3. The number of halogens is 1. The highest BCUT2D eigenvalue weighted by Crippen LogP contribution is 2.32. The van der Waals surface area contributed by atoms with E-state index in [-0.39, 0.29) is 23.2 Å². The number of pyridine rings is 1. The Morgan fingerprint density at radius 1 is 1.28 bits per heavy atom. The summed E-state index contributed by atoms with van der Waals surface area (Å²) in [5.41, 5.74) is -0.364. The van der Waals surface area contributed by atoms with E-state index in [2.05, 4.69) is 9.72 Å². The van der Waals surface area contributed by atoms with E-state index in [0.717, 1.165) is 0 Å². The fourth-order valence-electron chi connectivity index (χ4n) is 2.77. The quantitative estimate of drug-likeness (QED) is 0.736. The highest BCUT2D eigenvalue weighted by atomic mass is 19.1. The third-order valence-corrected chi connectivity index (χ3v) is 3.98. The number of hydrogen-bond acceptors (Lipinski definition) is 5. The van der Waals surface area contributed by atoms with E-state index >= 15 is 0 Å². The van der Waals surface area contributed by atoms with Gasteiger partial charge in [0.15, 0.2) is 0 Å². The highest BCUT2D eigenvalue weighted by molar-refractivity contribution is 5.71. The number of hydrogen-bond donors (Lipinski definition) is 1. The summed E-state index contributed by atoms with van der Waals surface area (Å²) in [5, 5.41) is 10.3. The van der Waals surface area contributed by atoms with Gasteiger partial charge < -0.3 is 9.84 Å². The number of benzene rings is 1. The first kappa shape index (κ1) is 16.6. The van der Waals surface area contributed by atoms with Gasteiger partial charge in [0.1, 0.15) is 11.5 Å². The molecule has 0 fully saturated rings. The average Bonchev–Trinajstić information content (AvgIpc) is 2.61. The van der Waals surface area contributed by atoms with E-state index in [1.165, 1.54) is 35.9 Å². The topological polar surface area (TPSA) is 80.9 Å². The van der Waals surface area contributed by atoms with Crippen LogP contribution < -0.4 is 5.56 Å². The minimum Gasteiger partial charge on any atom is -0.493 e. The molecule has 0 aliphatic heterocycles. The number of fused-ring (bicyclic) bond motifs is 1. The summed E-state index contributed by atoms with van der Waals surface area (Å²) in [7, 11) is 1.20. The smallest absolute Gasteiger partial charge is 0.306 e. The van der Waals surface area contributed by atoms with E-state index in [1.54, 1.807) is 24.3 Å². The second-order valence-electron chi connectivity index (χ2n) is 5.44. The second kappa shape index (κ2) is 6.72. The van der Waals surface area contributed by atoms with Crippen LogP contribution in [0.3, 0.4) is 0 Å². The maximum atomic E-state index is 14.3. The third-order valence-electron chi connectivity index (χ3n) is 3.98. The fraction of sp³-hybridized carbons (Fsp3) is 0.167. The van der Waals surface area contributed by atoms with Crippen molar-refractivity contribution in [2.45, 2.75) is 12.3 Å². The lowest BCUT2D eigenvalue weighted by molar-refractivity contribution is -0.140. The monoisotopic (exact) mass is 342 g/mol. The molecule has 0 saturated carbocycles. The van der Waals surface area contributed by atoms with Crippen LogP contribution in [0.25, 0.3) is 5.65 Å². The van der Waals surface area contributed by atoms with Crippen LogP contribution in [0.1, 0.15) is 23.5 Å². The lowest BCUT2D eigenvalue weighted by Crippen LogP contribution is -2.24. The van der Waals surface area contributed by atoms with Gasteiger partial charge in [0.25, 0.3) is 5.56 Å². The molecule has 2 aromatic heterocycles. The summed E-state index contributed by atoms with van der Waals surface area (Å²) in [6.45, 7) is 0. The van der Waals surface area contributed by atoms with Crippen molar-refractivity contribution < 1.29 is 19.0 Å². The standard InChI is InChI=1S/C18H15FN2O4/c1-25-15(22)10-12(11-6-2-3-7-13(11)19)16-17(23)20-14-8-4-5-9-21(14)18(16)24/h2-9,12,23H,10H2,1H3/t12-/m1/s1. The van der Waals surface area contributed by atoms with Gasteiger partial charge in [-0.1, -0.05) is 24.3 Å². The van der Waals surface area contributed by atoms with Gasteiger partial charge in [0.05, 0.1) is 19.1 Å². The molecule has 0 spiro atoms. The number of nitrogens with zero attached hydrogens (tertiary/aromatic N) is 2. The molecule has 128 valence electrons. The highest BCUT2D eigenvalue weighted by Gasteiger charge is 2.28.